The molecule has 1 saturated heterocycles. The number of rotatable bonds is 3. The predicted molar refractivity (Wildman–Crippen MR) is 79.5 cm³/mol. The van der Waals surface area contributed by atoms with Gasteiger partial charge in [-0.2, -0.15) is 0 Å². The van der Waals surface area contributed by atoms with Gasteiger partial charge in [0.25, 0.3) is 0 Å². The minimum absolute atomic E-state index is 0.452. The van der Waals surface area contributed by atoms with Crippen LogP contribution >= 0.6 is 15.9 Å². The maximum Gasteiger partial charge on any atom is 0.0644 e. The van der Waals surface area contributed by atoms with Gasteiger partial charge in [-0.05, 0) is 37.5 Å². The van der Waals surface area contributed by atoms with Gasteiger partial charge in [0.1, 0.15) is 0 Å². The van der Waals surface area contributed by atoms with Gasteiger partial charge in [-0.25, -0.2) is 0 Å². The predicted octanol–water partition coefficient (Wildman–Crippen LogP) is 3.31. The van der Waals surface area contributed by atoms with Crippen LogP contribution in [-0.2, 0) is 0 Å². The van der Waals surface area contributed by atoms with E-state index >= 15 is 0 Å². The zero-order chi connectivity index (χ0) is 13.0. The summed E-state index contributed by atoms with van der Waals surface area (Å²) >= 11 is 3.43. The van der Waals surface area contributed by atoms with Crippen molar-refractivity contribution < 1.29 is 5.11 Å². The maximum atomic E-state index is 9.87. The van der Waals surface area contributed by atoms with Crippen LogP contribution in [0.3, 0.4) is 0 Å². The lowest BCUT2D eigenvalue weighted by molar-refractivity contribution is -0.00241. The van der Waals surface area contributed by atoms with Crippen LogP contribution in [0.2, 0.25) is 0 Å². The fourth-order valence-electron chi connectivity index (χ4n) is 2.13. The molecule has 1 aliphatic heterocycles. The van der Waals surface area contributed by atoms with Crippen LogP contribution in [0.5, 0.6) is 0 Å². The van der Waals surface area contributed by atoms with Crippen LogP contribution in [-0.4, -0.2) is 35.2 Å². The van der Waals surface area contributed by atoms with Gasteiger partial charge < -0.3 is 5.11 Å². The third kappa shape index (κ3) is 4.23. The molecule has 1 aromatic carbocycles. The third-order valence-electron chi connectivity index (χ3n) is 3.48. The van der Waals surface area contributed by atoms with Gasteiger partial charge in [0, 0.05) is 24.1 Å². The average molecular weight is 310 g/mol. The Hall–Kier alpha value is -0.640. The molecule has 1 fully saturated rings. The van der Waals surface area contributed by atoms with E-state index in [9.17, 15) is 5.11 Å². The van der Waals surface area contributed by atoms with Crippen molar-refractivity contribution in [2.24, 2.45) is 0 Å². The van der Waals surface area contributed by atoms with Gasteiger partial charge in [-0.15, -0.1) is 0 Å². The highest BCUT2D eigenvalue weighted by Crippen LogP contribution is 2.20. The standard InChI is InChI=1S/C15H20BrNO/c1-15(18)8-11-17(12-9-15)10-2-3-13-4-6-14(16)7-5-13/h2-7,18H,8-12H2,1H3/b3-2+. The molecule has 0 amide bonds. The van der Waals surface area contributed by atoms with Gasteiger partial charge in [0.2, 0.25) is 0 Å². The van der Waals surface area contributed by atoms with E-state index in [4.69, 9.17) is 0 Å². The van der Waals surface area contributed by atoms with E-state index in [0.29, 0.717) is 0 Å². The first-order chi connectivity index (χ1) is 8.55. The third-order valence-corrected chi connectivity index (χ3v) is 4.01. The van der Waals surface area contributed by atoms with E-state index in [1.54, 1.807) is 0 Å². The fourth-order valence-corrected chi connectivity index (χ4v) is 2.39. The molecule has 1 aliphatic rings. The van der Waals surface area contributed by atoms with E-state index in [-0.39, 0.29) is 0 Å². The molecule has 1 N–H and O–H groups in total. The van der Waals surface area contributed by atoms with E-state index in [2.05, 4.69) is 57.2 Å². The van der Waals surface area contributed by atoms with E-state index in [1.807, 2.05) is 6.92 Å². The normalized spacial score (nSPS) is 20.4. The molecule has 18 heavy (non-hydrogen) atoms. The van der Waals surface area contributed by atoms with Gasteiger partial charge in [-0.3, -0.25) is 4.90 Å². The molecule has 0 unspecified atom stereocenters. The van der Waals surface area contributed by atoms with Gasteiger partial charge in [0.15, 0.2) is 0 Å². The lowest BCUT2D eigenvalue weighted by Gasteiger charge is -2.35. The smallest absolute Gasteiger partial charge is 0.0644 e. The molecule has 0 aliphatic carbocycles. The van der Waals surface area contributed by atoms with Crippen LogP contribution in [0.25, 0.3) is 6.08 Å². The fraction of sp³-hybridized carbons (Fsp3) is 0.467. The monoisotopic (exact) mass is 309 g/mol. The molecule has 0 radical (unpaired) electrons. The van der Waals surface area contributed by atoms with Crippen LogP contribution in [0.4, 0.5) is 0 Å². The summed E-state index contributed by atoms with van der Waals surface area (Å²) in [6, 6.07) is 8.30. The number of hydrogen-bond donors (Lipinski definition) is 1. The largest absolute Gasteiger partial charge is 0.390 e. The lowest BCUT2D eigenvalue weighted by atomic mass is 9.94. The summed E-state index contributed by atoms with van der Waals surface area (Å²) in [6.07, 6.45) is 6.10. The minimum atomic E-state index is -0.452. The first-order valence-electron chi connectivity index (χ1n) is 6.42. The highest BCUT2D eigenvalue weighted by Gasteiger charge is 2.26. The van der Waals surface area contributed by atoms with E-state index in [0.717, 1.165) is 36.9 Å². The Labute approximate surface area is 117 Å². The molecule has 0 spiro atoms. The topological polar surface area (TPSA) is 23.5 Å². The highest BCUT2D eigenvalue weighted by molar-refractivity contribution is 9.10. The van der Waals surface area contributed by atoms with Gasteiger partial charge >= 0.3 is 0 Å². The molecule has 1 aromatic rings. The Morgan fingerprint density at radius 1 is 1.28 bits per heavy atom. The van der Waals surface area contributed by atoms with E-state index < -0.39 is 5.60 Å². The van der Waals surface area contributed by atoms with Crippen molar-refractivity contribution in [2.75, 3.05) is 19.6 Å². The maximum absolute atomic E-state index is 9.87. The molecule has 0 bridgehead atoms. The lowest BCUT2D eigenvalue weighted by Crippen LogP contribution is -2.42. The average Bonchev–Trinajstić information content (AvgIpc) is 2.34. The van der Waals surface area contributed by atoms with Crippen molar-refractivity contribution in [3.05, 3.63) is 40.4 Å². The molecule has 1 heterocycles. The summed E-state index contributed by atoms with van der Waals surface area (Å²) in [7, 11) is 0. The molecular weight excluding hydrogens is 290 g/mol. The van der Waals surface area contributed by atoms with Crippen molar-refractivity contribution in [2.45, 2.75) is 25.4 Å². The Bertz CT molecular complexity index is 401. The Morgan fingerprint density at radius 3 is 2.50 bits per heavy atom. The minimum Gasteiger partial charge on any atom is -0.390 e. The SMILES string of the molecule is CC1(O)CCN(C/C=C/c2ccc(Br)cc2)CC1. The number of aliphatic hydroxyl groups is 1. The number of hydrogen-bond acceptors (Lipinski definition) is 2. The first kappa shape index (κ1) is 13.8. The number of benzene rings is 1. The van der Waals surface area contributed by atoms with Gasteiger partial charge in [-0.1, -0.05) is 40.2 Å². The second-order valence-electron chi connectivity index (χ2n) is 5.25. The van der Waals surface area contributed by atoms with Crippen molar-refractivity contribution in [3.63, 3.8) is 0 Å². The Morgan fingerprint density at radius 2 is 1.89 bits per heavy atom. The Kier molecular flexibility index (Phi) is 4.60. The quantitative estimate of drug-likeness (QED) is 0.926. The second-order valence-corrected chi connectivity index (χ2v) is 6.17. The summed E-state index contributed by atoms with van der Waals surface area (Å²) in [4.78, 5) is 2.38. The first-order valence-corrected chi connectivity index (χ1v) is 7.21. The summed E-state index contributed by atoms with van der Waals surface area (Å²) in [6.45, 7) is 4.86. The van der Waals surface area contributed by atoms with Crippen LogP contribution < -0.4 is 0 Å². The zero-order valence-corrected chi connectivity index (χ0v) is 12.4. The van der Waals surface area contributed by atoms with Crippen molar-refractivity contribution >= 4 is 22.0 Å². The summed E-state index contributed by atoms with van der Waals surface area (Å²) < 4.78 is 1.11. The van der Waals surface area contributed by atoms with Crippen molar-refractivity contribution in [1.82, 2.24) is 4.90 Å². The van der Waals surface area contributed by atoms with Crippen LogP contribution in [0, 0.1) is 0 Å². The highest BCUT2D eigenvalue weighted by atomic mass is 79.9. The van der Waals surface area contributed by atoms with Gasteiger partial charge in [0.05, 0.1) is 5.60 Å². The van der Waals surface area contributed by atoms with Crippen molar-refractivity contribution in [3.8, 4) is 0 Å². The number of likely N-dealkylation sites (tertiary alicyclic amines) is 1. The Balaban J connectivity index is 1.80. The molecule has 0 aromatic heterocycles. The molecule has 2 nitrogen and oxygen atoms in total. The summed E-state index contributed by atoms with van der Waals surface area (Å²) in [5.74, 6) is 0. The van der Waals surface area contributed by atoms with Crippen LogP contribution in [0.1, 0.15) is 25.3 Å². The zero-order valence-electron chi connectivity index (χ0n) is 10.8. The number of nitrogens with zero attached hydrogens (tertiary/aromatic N) is 1. The number of piperidine rings is 1. The summed E-state index contributed by atoms with van der Waals surface area (Å²) in [5, 5.41) is 9.87. The molecule has 3 heteroatoms. The molecule has 0 saturated carbocycles. The molecule has 98 valence electrons. The molecular formula is C15H20BrNO. The summed E-state index contributed by atoms with van der Waals surface area (Å²) in [5.41, 5.74) is 0.772. The van der Waals surface area contributed by atoms with E-state index in [1.165, 1.54) is 5.56 Å². The second kappa shape index (κ2) is 6.00. The van der Waals surface area contributed by atoms with Crippen molar-refractivity contribution in [1.29, 1.82) is 0 Å². The molecule has 0 atom stereocenters. The number of halogens is 1. The molecule has 2 rings (SSSR count). The van der Waals surface area contributed by atoms with Crippen LogP contribution in [0.15, 0.2) is 34.8 Å².